The van der Waals surface area contributed by atoms with Crippen LogP contribution < -0.4 is 14.8 Å². The smallest absolute Gasteiger partial charge is 0.296 e. The Bertz CT molecular complexity index is 1400. The van der Waals surface area contributed by atoms with E-state index < -0.39 is 11.7 Å². The summed E-state index contributed by atoms with van der Waals surface area (Å²) in [5.41, 5.74) is 3.06. The van der Waals surface area contributed by atoms with Gasteiger partial charge in [-0.05, 0) is 48.9 Å². The molecule has 2 aromatic heterocycles. The second kappa shape index (κ2) is 9.75. The standard InChI is InChI=1S/C25H21Cl2N3O4/c1-14-23(24(31)25(32)28-17-10-21(27)29-22(11-17)34-3)19-12-18(33-2)8-9-20(19)30(14)13-15-4-6-16(26)7-5-15/h4-12H,13H2,1-3H3,(H,28,29,32). The summed E-state index contributed by atoms with van der Waals surface area (Å²) in [7, 11) is 2.98. The predicted molar refractivity (Wildman–Crippen MR) is 133 cm³/mol. The van der Waals surface area contributed by atoms with Crippen LogP contribution in [-0.4, -0.2) is 35.5 Å². The second-order valence-electron chi connectivity index (χ2n) is 7.56. The molecule has 4 rings (SSSR count). The number of nitrogens with zero attached hydrogens (tertiary/aromatic N) is 2. The molecule has 4 aromatic rings. The molecule has 0 spiro atoms. The van der Waals surface area contributed by atoms with Crippen LogP contribution in [0.3, 0.4) is 0 Å². The van der Waals surface area contributed by atoms with Crippen molar-refractivity contribution >= 4 is 51.5 Å². The number of anilines is 1. The van der Waals surface area contributed by atoms with Crippen molar-refractivity contribution in [1.82, 2.24) is 9.55 Å². The molecule has 34 heavy (non-hydrogen) atoms. The van der Waals surface area contributed by atoms with Gasteiger partial charge in [0.2, 0.25) is 5.88 Å². The molecule has 0 aliphatic carbocycles. The third-order valence-corrected chi connectivity index (χ3v) is 5.90. The monoisotopic (exact) mass is 497 g/mol. The predicted octanol–water partition coefficient (Wildman–Crippen LogP) is 5.54. The number of pyridine rings is 1. The Balaban J connectivity index is 1.75. The Morgan fingerprint density at radius 1 is 1.00 bits per heavy atom. The number of hydrogen-bond acceptors (Lipinski definition) is 5. The number of nitrogens with one attached hydrogen (secondary N) is 1. The lowest BCUT2D eigenvalue weighted by Gasteiger charge is -2.10. The van der Waals surface area contributed by atoms with Gasteiger partial charge in [-0.1, -0.05) is 35.3 Å². The number of fused-ring (bicyclic) bond motifs is 1. The molecule has 0 atom stereocenters. The molecule has 2 heterocycles. The Morgan fingerprint density at radius 2 is 1.74 bits per heavy atom. The molecular formula is C25H21Cl2N3O4. The number of Topliss-reactive ketones (excluding diaryl/α,β-unsaturated/α-hetero) is 1. The van der Waals surface area contributed by atoms with Crippen LogP contribution in [0.4, 0.5) is 5.69 Å². The van der Waals surface area contributed by atoms with Gasteiger partial charge in [0.15, 0.2) is 0 Å². The van der Waals surface area contributed by atoms with E-state index in [0.717, 1.165) is 11.1 Å². The third-order valence-electron chi connectivity index (χ3n) is 5.46. The van der Waals surface area contributed by atoms with E-state index in [1.54, 1.807) is 13.2 Å². The number of benzene rings is 2. The number of methoxy groups -OCH3 is 2. The van der Waals surface area contributed by atoms with Gasteiger partial charge in [-0.25, -0.2) is 4.98 Å². The van der Waals surface area contributed by atoms with Gasteiger partial charge >= 0.3 is 0 Å². The van der Waals surface area contributed by atoms with Crippen molar-refractivity contribution < 1.29 is 19.1 Å². The van der Waals surface area contributed by atoms with Gasteiger partial charge < -0.3 is 19.4 Å². The Hall–Kier alpha value is -3.55. The molecule has 0 saturated carbocycles. The van der Waals surface area contributed by atoms with Crippen LogP contribution in [0.2, 0.25) is 10.2 Å². The molecule has 0 radical (unpaired) electrons. The molecule has 0 fully saturated rings. The van der Waals surface area contributed by atoms with Crippen LogP contribution in [0.15, 0.2) is 54.6 Å². The van der Waals surface area contributed by atoms with Gasteiger partial charge in [-0.3, -0.25) is 9.59 Å². The minimum atomic E-state index is -0.805. The average Bonchev–Trinajstić information content (AvgIpc) is 3.09. The van der Waals surface area contributed by atoms with Crippen LogP contribution in [0.5, 0.6) is 11.6 Å². The highest BCUT2D eigenvalue weighted by Crippen LogP contribution is 2.31. The van der Waals surface area contributed by atoms with E-state index in [1.165, 1.54) is 19.2 Å². The van der Waals surface area contributed by atoms with Crippen molar-refractivity contribution in [2.24, 2.45) is 0 Å². The minimum absolute atomic E-state index is 0.127. The fourth-order valence-electron chi connectivity index (χ4n) is 3.80. The van der Waals surface area contributed by atoms with Gasteiger partial charge in [0.25, 0.3) is 11.7 Å². The lowest BCUT2D eigenvalue weighted by molar-refractivity contribution is -0.112. The van der Waals surface area contributed by atoms with Gasteiger partial charge in [0, 0.05) is 39.9 Å². The summed E-state index contributed by atoms with van der Waals surface area (Å²) in [6.45, 7) is 2.31. The number of rotatable bonds is 7. The topological polar surface area (TPSA) is 82.5 Å². The molecule has 2 aromatic carbocycles. The van der Waals surface area contributed by atoms with Crippen molar-refractivity contribution in [2.45, 2.75) is 13.5 Å². The van der Waals surface area contributed by atoms with Crippen molar-refractivity contribution in [3.63, 3.8) is 0 Å². The number of amides is 1. The zero-order valence-electron chi connectivity index (χ0n) is 18.7. The third kappa shape index (κ3) is 4.71. The number of carbonyl (C=O) groups is 2. The highest BCUT2D eigenvalue weighted by atomic mass is 35.5. The molecule has 9 heteroatoms. The van der Waals surface area contributed by atoms with Gasteiger partial charge in [-0.2, -0.15) is 0 Å². The van der Waals surface area contributed by atoms with Crippen molar-refractivity contribution in [2.75, 3.05) is 19.5 Å². The van der Waals surface area contributed by atoms with Crippen molar-refractivity contribution in [1.29, 1.82) is 0 Å². The molecule has 0 unspecified atom stereocenters. The quantitative estimate of drug-likeness (QED) is 0.206. The molecule has 174 valence electrons. The molecule has 1 amide bonds. The first kappa shape index (κ1) is 23.6. The number of ether oxygens (including phenoxy) is 2. The summed E-state index contributed by atoms with van der Waals surface area (Å²) in [5.74, 6) is -0.690. The number of ketones is 1. The van der Waals surface area contributed by atoms with Crippen LogP contribution >= 0.6 is 23.2 Å². The maximum absolute atomic E-state index is 13.4. The van der Waals surface area contributed by atoms with Gasteiger partial charge in [0.1, 0.15) is 10.9 Å². The molecule has 0 bridgehead atoms. The summed E-state index contributed by atoms with van der Waals surface area (Å²) < 4.78 is 12.4. The highest BCUT2D eigenvalue weighted by Gasteiger charge is 2.26. The highest BCUT2D eigenvalue weighted by molar-refractivity contribution is 6.48. The average molecular weight is 498 g/mol. The van der Waals surface area contributed by atoms with E-state index in [4.69, 9.17) is 32.7 Å². The second-order valence-corrected chi connectivity index (χ2v) is 8.38. The summed E-state index contributed by atoms with van der Waals surface area (Å²) >= 11 is 12.0. The fourth-order valence-corrected chi connectivity index (χ4v) is 4.13. The minimum Gasteiger partial charge on any atom is -0.497 e. The summed E-state index contributed by atoms with van der Waals surface area (Å²) in [6.07, 6.45) is 0. The lowest BCUT2D eigenvalue weighted by Crippen LogP contribution is -2.23. The zero-order chi connectivity index (χ0) is 24.4. The van der Waals surface area contributed by atoms with E-state index >= 15 is 0 Å². The zero-order valence-corrected chi connectivity index (χ0v) is 20.2. The van der Waals surface area contributed by atoms with E-state index in [-0.39, 0.29) is 11.0 Å². The first-order chi connectivity index (χ1) is 16.3. The molecule has 1 N–H and O–H groups in total. The van der Waals surface area contributed by atoms with Crippen LogP contribution in [0.25, 0.3) is 10.9 Å². The van der Waals surface area contributed by atoms with Gasteiger partial charge in [-0.15, -0.1) is 0 Å². The SMILES string of the molecule is COc1ccc2c(c1)c(C(=O)C(=O)Nc1cc(Cl)nc(OC)c1)c(C)n2Cc1ccc(Cl)cc1. The lowest BCUT2D eigenvalue weighted by atomic mass is 10.1. The Morgan fingerprint density at radius 3 is 2.41 bits per heavy atom. The van der Waals surface area contributed by atoms with Crippen molar-refractivity contribution in [3.8, 4) is 11.6 Å². The molecule has 0 aliphatic rings. The maximum atomic E-state index is 13.4. The maximum Gasteiger partial charge on any atom is 0.296 e. The number of carbonyl (C=O) groups excluding carboxylic acids is 2. The molecule has 7 nitrogen and oxygen atoms in total. The first-order valence-electron chi connectivity index (χ1n) is 10.3. The van der Waals surface area contributed by atoms with E-state index in [2.05, 4.69) is 10.3 Å². The van der Waals surface area contributed by atoms with E-state index in [1.807, 2.05) is 47.9 Å². The number of aromatic nitrogens is 2. The summed E-state index contributed by atoms with van der Waals surface area (Å²) in [5, 5.41) is 3.98. The van der Waals surface area contributed by atoms with Gasteiger partial charge in [0.05, 0.1) is 19.8 Å². The summed E-state index contributed by atoms with van der Waals surface area (Å²) in [6, 6.07) is 15.8. The Kier molecular flexibility index (Phi) is 6.77. The normalized spacial score (nSPS) is 10.9. The molecular weight excluding hydrogens is 477 g/mol. The van der Waals surface area contributed by atoms with Crippen LogP contribution in [0.1, 0.15) is 21.6 Å². The van der Waals surface area contributed by atoms with Crippen LogP contribution in [-0.2, 0) is 11.3 Å². The largest absolute Gasteiger partial charge is 0.497 e. The van der Waals surface area contributed by atoms with E-state index in [0.29, 0.717) is 39.6 Å². The van der Waals surface area contributed by atoms with Crippen molar-refractivity contribution in [3.05, 3.63) is 81.6 Å². The number of halogens is 2. The Labute approximate surface area is 206 Å². The van der Waals surface area contributed by atoms with E-state index in [9.17, 15) is 9.59 Å². The molecule has 0 saturated heterocycles. The number of hydrogen-bond donors (Lipinski definition) is 1. The fraction of sp³-hybridized carbons (Fsp3) is 0.160. The molecule has 0 aliphatic heterocycles. The van der Waals surface area contributed by atoms with Crippen LogP contribution in [0, 0.1) is 6.92 Å². The summed E-state index contributed by atoms with van der Waals surface area (Å²) in [4.78, 5) is 30.3. The first-order valence-corrected chi connectivity index (χ1v) is 11.0.